The maximum absolute atomic E-state index is 11.7. The van der Waals surface area contributed by atoms with Gasteiger partial charge in [0.2, 0.25) is 0 Å². The number of hydrogen-bond donors (Lipinski definition) is 2. The number of nitrogens with zero attached hydrogens (tertiary/aromatic N) is 3. The number of pyridine rings is 1. The van der Waals surface area contributed by atoms with Crippen LogP contribution in [-0.4, -0.2) is 70.5 Å². The Morgan fingerprint density at radius 3 is 2.62 bits per heavy atom. The van der Waals surface area contributed by atoms with Crippen LogP contribution in [0, 0.1) is 18.3 Å². The van der Waals surface area contributed by atoms with E-state index in [1.165, 1.54) is 6.92 Å². The lowest BCUT2D eigenvalue weighted by atomic mass is 10.2. The van der Waals surface area contributed by atoms with Crippen molar-refractivity contribution < 1.29 is 18.3 Å². The quantitative estimate of drug-likeness (QED) is 0.545. The lowest BCUT2D eigenvalue weighted by Crippen LogP contribution is -2.28. The minimum Gasteiger partial charge on any atom is -0.395 e. The van der Waals surface area contributed by atoms with E-state index in [9.17, 15) is 8.42 Å². The molecule has 0 aliphatic heterocycles. The van der Waals surface area contributed by atoms with Crippen molar-refractivity contribution in [2.75, 3.05) is 62.2 Å². The molecule has 9 heteroatoms. The van der Waals surface area contributed by atoms with Crippen LogP contribution < -0.4 is 10.2 Å². The lowest BCUT2D eigenvalue weighted by Gasteiger charge is -2.19. The van der Waals surface area contributed by atoms with Crippen LogP contribution in [0.4, 0.5) is 11.6 Å². The number of aryl methyl sites for hydroxylation is 1. The van der Waals surface area contributed by atoms with Gasteiger partial charge in [-0.3, -0.25) is 0 Å². The van der Waals surface area contributed by atoms with Crippen molar-refractivity contribution >= 4 is 21.5 Å². The third-order valence-electron chi connectivity index (χ3n) is 3.32. The molecule has 0 bridgehead atoms. The number of aliphatic hydroxyl groups is 1. The van der Waals surface area contributed by atoms with E-state index in [0.717, 1.165) is 30.2 Å². The van der Waals surface area contributed by atoms with E-state index in [1.807, 2.05) is 31.0 Å². The second-order valence-electron chi connectivity index (χ2n) is 5.68. The summed E-state index contributed by atoms with van der Waals surface area (Å²) in [4.78, 5) is 6.32. The highest BCUT2D eigenvalue weighted by Gasteiger charge is 2.13. The van der Waals surface area contributed by atoms with E-state index in [4.69, 9.17) is 15.1 Å². The largest absolute Gasteiger partial charge is 0.395 e. The summed E-state index contributed by atoms with van der Waals surface area (Å²) in [7, 11) is 0.256. The van der Waals surface area contributed by atoms with Crippen LogP contribution in [-0.2, 0) is 14.6 Å². The van der Waals surface area contributed by atoms with E-state index >= 15 is 0 Å². The van der Waals surface area contributed by atoms with E-state index in [2.05, 4.69) is 10.3 Å². The van der Waals surface area contributed by atoms with Crippen molar-refractivity contribution in [3.8, 4) is 6.07 Å². The molecule has 26 heavy (non-hydrogen) atoms. The molecule has 2 N–H and O–H groups in total. The number of ether oxygens (including phenoxy) is 1. The third kappa shape index (κ3) is 10.9. The molecule has 0 fully saturated rings. The van der Waals surface area contributed by atoms with Gasteiger partial charge in [0.1, 0.15) is 11.6 Å². The highest BCUT2D eigenvalue weighted by Crippen LogP contribution is 2.16. The number of nitriles is 1. The fourth-order valence-corrected chi connectivity index (χ4v) is 3.03. The molecule has 148 valence electrons. The summed E-state index contributed by atoms with van der Waals surface area (Å²) in [6, 6.07) is 5.62. The normalized spacial score (nSPS) is 10.5. The molecule has 0 aliphatic rings. The average molecular weight is 387 g/mol. The molecule has 8 nitrogen and oxygen atoms in total. The van der Waals surface area contributed by atoms with Gasteiger partial charge in [-0.1, -0.05) is 0 Å². The number of methoxy groups -OCH3 is 1. The summed E-state index contributed by atoms with van der Waals surface area (Å²) in [6.07, 6.45) is 0.886. The zero-order valence-electron chi connectivity index (χ0n) is 16.0. The lowest BCUT2D eigenvalue weighted by molar-refractivity contribution is 0.198. The molecule has 1 aromatic rings. The second-order valence-corrected chi connectivity index (χ2v) is 7.99. The minimum atomic E-state index is -3.22. The average Bonchev–Trinajstić information content (AvgIpc) is 2.57. The summed E-state index contributed by atoms with van der Waals surface area (Å²) < 4.78 is 28.3. The van der Waals surface area contributed by atoms with Gasteiger partial charge < -0.3 is 20.1 Å². The van der Waals surface area contributed by atoms with Crippen LogP contribution in [0.2, 0.25) is 0 Å². The van der Waals surface area contributed by atoms with Crippen LogP contribution in [0.1, 0.15) is 18.9 Å². The molecule has 0 aromatic carbocycles. The number of aliphatic hydroxyl groups excluding tert-OH is 1. The van der Waals surface area contributed by atoms with Crippen molar-refractivity contribution in [1.29, 1.82) is 5.26 Å². The fourth-order valence-electron chi connectivity index (χ4n) is 2.00. The van der Waals surface area contributed by atoms with Gasteiger partial charge in [-0.2, -0.15) is 5.26 Å². The first-order chi connectivity index (χ1) is 12.3. The maximum Gasteiger partial charge on any atom is 0.154 e. The van der Waals surface area contributed by atoms with Crippen LogP contribution in [0.25, 0.3) is 0 Å². The second kappa shape index (κ2) is 13.3. The highest BCUT2D eigenvalue weighted by molar-refractivity contribution is 7.91. The first-order valence-electron chi connectivity index (χ1n) is 8.34. The fraction of sp³-hybridized carbons (Fsp3) is 0.647. The van der Waals surface area contributed by atoms with E-state index in [-0.39, 0.29) is 18.1 Å². The van der Waals surface area contributed by atoms with E-state index in [1.54, 1.807) is 13.2 Å². The monoisotopic (exact) mass is 386 g/mol. The Hall–Kier alpha value is -1.89. The summed E-state index contributed by atoms with van der Waals surface area (Å²) in [5, 5.41) is 19.3. The number of hydrogen-bond acceptors (Lipinski definition) is 8. The Balaban J connectivity index is 0.00000194. The van der Waals surface area contributed by atoms with Crippen LogP contribution in [0.15, 0.2) is 12.1 Å². The molecule has 0 amide bonds. The molecule has 0 atom stereocenters. The third-order valence-corrected chi connectivity index (χ3v) is 4.93. The van der Waals surface area contributed by atoms with Crippen molar-refractivity contribution in [2.45, 2.75) is 20.3 Å². The smallest absolute Gasteiger partial charge is 0.154 e. The minimum absolute atomic E-state index is 0.00369. The molecule has 0 aliphatic carbocycles. The Kier molecular flexibility index (Phi) is 12.4. The van der Waals surface area contributed by atoms with Crippen molar-refractivity contribution in [1.82, 2.24) is 4.98 Å². The topological polar surface area (TPSA) is 116 Å². The summed E-state index contributed by atoms with van der Waals surface area (Å²) >= 11 is 0. The van der Waals surface area contributed by atoms with Crippen LogP contribution in [0.3, 0.4) is 0 Å². The molecule has 0 saturated heterocycles. The number of nitrogens with one attached hydrogen (secondary N) is 1. The SMILES string of the molecule is CC#N.COCCCNc1cc(C)cc(N(C)CCS(=O)(=O)CCO)n1. The Bertz CT molecular complexity index is 659. The summed E-state index contributed by atoms with van der Waals surface area (Å²) in [5.74, 6) is 1.28. The maximum atomic E-state index is 11.7. The van der Waals surface area contributed by atoms with E-state index in [0.29, 0.717) is 13.2 Å². The predicted molar refractivity (Wildman–Crippen MR) is 104 cm³/mol. The Labute approximate surface area is 156 Å². The van der Waals surface area contributed by atoms with Gasteiger partial charge in [0.25, 0.3) is 0 Å². The molecule has 0 unspecified atom stereocenters. The molecular formula is C17H30N4O4S. The molecule has 1 rings (SSSR count). The van der Waals surface area contributed by atoms with Crippen molar-refractivity contribution in [3.05, 3.63) is 17.7 Å². The number of rotatable bonds is 11. The first kappa shape index (κ1) is 24.1. The van der Waals surface area contributed by atoms with Gasteiger partial charge in [0.05, 0.1) is 24.2 Å². The first-order valence-corrected chi connectivity index (χ1v) is 10.2. The zero-order valence-corrected chi connectivity index (χ0v) is 16.8. The van der Waals surface area contributed by atoms with Gasteiger partial charge >= 0.3 is 0 Å². The van der Waals surface area contributed by atoms with E-state index < -0.39 is 9.84 Å². The van der Waals surface area contributed by atoms with Crippen molar-refractivity contribution in [2.24, 2.45) is 0 Å². The van der Waals surface area contributed by atoms with Gasteiger partial charge in [-0.05, 0) is 31.0 Å². The molecule has 1 heterocycles. The number of aromatic nitrogens is 1. The van der Waals surface area contributed by atoms with Gasteiger partial charge in [0.15, 0.2) is 9.84 Å². The molecule has 0 spiro atoms. The van der Waals surface area contributed by atoms with Crippen LogP contribution in [0.5, 0.6) is 0 Å². The summed E-state index contributed by atoms with van der Waals surface area (Å²) in [6.45, 7) is 4.85. The molecule has 0 radical (unpaired) electrons. The standard InChI is InChI=1S/C15H27N3O4S.C2H3N/c1-13-11-14(16-5-4-8-22-3)17-15(12-13)18(2)6-9-23(20,21)10-7-19;1-2-3/h11-12,19H,4-10H2,1-3H3,(H,16,17);1H3. The molecule has 1 aromatic heterocycles. The van der Waals surface area contributed by atoms with Crippen molar-refractivity contribution in [3.63, 3.8) is 0 Å². The predicted octanol–water partition coefficient (Wildman–Crippen LogP) is 1.21. The highest BCUT2D eigenvalue weighted by atomic mass is 32.2. The molecule has 0 saturated carbocycles. The number of sulfone groups is 1. The molecular weight excluding hydrogens is 356 g/mol. The van der Waals surface area contributed by atoms with Gasteiger partial charge in [0, 0.05) is 40.8 Å². The number of anilines is 2. The van der Waals surface area contributed by atoms with Gasteiger partial charge in [-0.25, -0.2) is 13.4 Å². The Morgan fingerprint density at radius 1 is 1.38 bits per heavy atom. The van der Waals surface area contributed by atoms with Crippen LogP contribution >= 0.6 is 0 Å². The van der Waals surface area contributed by atoms with Gasteiger partial charge in [-0.15, -0.1) is 0 Å². The zero-order chi connectivity index (χ0) is 20.0. The Morgan fingerprint density at radius 2 is 2.04 bits per heavy atom. The summed E-state index contributed by atoms with van der Waals surface area (Å²) in [5.41, 5.74) is 1.05.